The average Bonchev–Trinajstić information content (AvgIpc) is 3.15. The molecule has 0 bridgehead atoms. The smallest absolute Gasteiger partial charge is 0.235 e. The second-order valence-electron chi connectivity index (χ2n) is 6.71. The summed E-state index contributed by atoms with van der Waals surface area (Å²) in [7, 11) is -3.77. The average molecular weight is 475 g/mol. The maximum atomic E-state index is 11.6. The molecule has 0 saturated carbocycles. The van der Waals surface area contributed by atoms with E-state index in [4.69, 9.17) is 33.3 Å². The molecule has 3 aromatic carbocycles. The molecule has 2 N–H and O–H groups in total. The third kappa shape index (κ3) is 4.15. The van der Waals surface area contributed by atoms with Crippen LogP contribution < -0.4 is 5.14 Å². The number of hydrogen-bond acceptors (Lipinski definition) is 4. The lowest BCUT2D eigenvalue weighted by molar-refractivity contribution is 0.598. The number of hydrogen-bond donors (Lipinski definition) is 1. The van der Waals surface area contributed by atoms with Gasteiger partial charge in [0.05, 0.1) is 20.5 Å². The molecule has 4 aromatic rings. The fourth-order valence-corrected chi connectivity index (χ4v) is 5.09. The van der Waals surface area contributed by atoms with Gasteiger partial charge in [0, 0.05) is 16.1 Å². The number of nitrogens with two attached hydrogens (primary N) is 1. The van der Waals surface area contributed by atoms with Crippen LogP contribution in [0.5, 0.6) is 0 Å². The first-order chi connectivity index (χ1) is 14.2. The fraction of sp³-hybridized carbons (Fsp3) is 0.0455. The zero-order valence-corrected chi connectivity index (χ0v) is 18.9. The van der Waals surface area contributed by atoms with Gasteiger partial charge in [0.2, 0.25) is 10.0 Å². The van der Waals surface area contributed by atoms with Gasteiger partial charge in [-0.1, -0.05) is 59.6 Å². The molecule has 0 aliphatic carbocycles. The Kier molecular flexibility index (Phi) is 5.70. The maximum absolute atomic E-state index is 11.6. The van der Waals surface area contributed by atoms with E-state index in [1.807, 2.05) is 49.4 Å². The molecule has 0 unspecified atom stereocenters. The minimum atomic E-state index is -3.77. The van der Waals surface area contributed by atoms with Gasteiger partial charge in [0.1, 0.15) is 5.01 Å². The highest BCUT2D eigenvalue weighted by molar-refractivity contribution is 7.89. The summed E-state index contributed by atoms with van der Waals surface area (Å²) in [5.74, 6) is 0. The van der Waals surface area contributed by atoms with E-state index in [1.165, 1.54) is 23.5 Å². The monoisotopic (exact) mass is 474 g/mol. The SMILES string of the molecule is Cc1cc(-c2sc(-c3ccccc3Cl)nc2-c2ccc(S(N)(=O)=O)cc2)ccc1Cl. The Balaban J connectivity index is 1.92. The van der Waals surface area contributed by atoms with Gasteiger partial charge in [0.25, 0.3) is 0 Å². The molecule has 8 heteroatoms. The second kappa shape index (κ2) is 8.13. The van der Waals surface area contributed by atoms with Crippen LogP contribution >= 0.6 is 34.5 Å². The molecule has 4 nitrogen and oxygen atoms in total. The van der Waals surface area contributed by atoms with Crippen LogP contribution in [0.4, 0.5) is 0 Å². The number of aromatic nitrogens is 1. The molecule has 1 heterocycles. The van der Waals surface area contributed by atoms with Crippen molar-refractivity contribution in [3.8, 4) is 32.3 Å². The summed E-state index contributed by atoms with van der Waals surface area (Å²) < 4.78 is 23.2. The number of halogens is 2. The standard InChI is InChI=1S/C22H16Cl2N2O2S2/c1-13-12-15(8-11-18(13)23)21-20(14-6-9-16(10-7-14)30(25,27)28)26-22(29-21)17-4-2-3-5-19(17)24/h2-12H,1H3,(H2,25,27,28). The largest absolute Gasteiger partial charge is 0.238 e. The highest BCUT2D eigenvalue weighted by atomic mass is 35.5. The maximum Gasteiger partial charge on any atom is 0.238 e. The predicted octanol–water partition coefficient (Wildman–Crippen LogP) is 6.41. The molecule has 0 spiro atoms. The summed E-state index contributed by atoms with van der Waals surface area (Å²) in [4.78, 5) is 5.84. The molecular formula is C22H16Cl2N2O2S2. The van der Waals surface area contributed by atoms with Crippen molar-refractivity contribution in [2.45, 2.75) is 11.8 Å². The van der Waals surface area contributed by atoms with Crippen LogP contribution in [0.15, 0.2) is 71.6 Å². The van der Waals surface area contributed by atoms with Crippen LogP contribution in [0.1, 0.15) is 5.56 Å². The summed E-state index contributed by atoms with van der Waals surface area (Å²) in [5, 5.41) is 7.30. The van der Waals surface area contributed by atoms with E-state index in [2.05, 4.69) is 0 Å². The summed E-state index contributed by atoms with van der Waals surface area (Å²) in [6, 6.07) is 19.7. The van der Waals surface area contributed by atoms with Gasteiger partial charge in [-0.2, -0.15) is 0 Å². The van der Waals surface area contributed by atoms with E-state index in [0.29, 0.717) is 10.0 Å². The van der Waals surface area contributed by atoms with Gasteiger partial charge in [-0.25, -0.2) is 18.5 Å². The Bertz CT molecular complexity index is 1350. The van der Waals surface area contributed by atoms with E-state index < -0.39 is 10.0 Å². The second-order valence-corrected chi connectivity index (χ2v) is 10.1. The molecule has 0 fully saturated rings. The predicted molar refractivity (Wildman–Crippen MR) is 125 cm³/mol. The lowest BCUT2D eigenvalue weighted by Crippen LogP contribution is -2.11. The van der Waals surface area contributed by atoms with Crippen LogP contribution in [0.2, 0.25) is 10.0 Å². The Hall–Kier alpha value is -2.22. The molecule has 30 heavy (non-hydrogen) atoms. The quantitative estimate of drug-likeness (QED) is 0.371. The Labute approximate surface area is 189 Å². The number of sulfonamides is 1. The molecule has 0 radical (unpaired) electrons. The third-order valence-corrected chi connectivity index (χ3v) is 7.43. The summed E-state index contributed by atoms with van der Waals surface area (Å²) >= 11 is 14.1. The van der Waals surface area contributed by atoms with Gasteiger partial charge in [-0.05, 0) is 48.4 Å². The molecule has 0 saturated heterocycles. The van der Waals surface area contributed by atoms with Crippen molar-refractivity contribution in [3.05, 3.63) is 82.3 Å². The number of aryl methyl sites for hydroxylation is 1. The number of nitrogens with zero attached hydrogens (tertiary/aromatic N) is 1. The highest BCUT2D eigenvalue weighted by Gasteiger charge is 2.18. The number of benzene rings is 3. The van der Waals surface area contributed by atoms with Crippen molar-refractivity contribution in [2.24, 2.45) is 5.14 Å². The van der Waals surface area contributed by atoms with Crippen LogP contribution in [-0.4, -0.2) is 13.4 Å². The molecule has 0 amide bonds. The number of primary sulfonamides is 1. The molecule has 1 aromatic heterocycles. The van der Waals surface area contributed by atoms with E-state index in [-0.39, 0.29) is 4.90 Å². The normalized spacial score (nSPS) is 11.6. The van der Waals surface area contributed by atoms with Crippen LogP contribution in [0.3, 0.4) is 0 Å². The minimum absolute atomic E-state index is 0.0525. The first-order valence-electron chi connectivity index (χ1n) is 8.89. The van der Waals surface area contributed by atoms with E-state index >= 15 is 0 Å². The first kappa shape index (κ1) is 21.0. The molecule has 0 atom stereocenters. The molecule has 152 valence electrons. The highest BCUT2D eigenvalue weighted by Crippen LogP contribution is 2.42. The Morgan fingerprint density at radius 1 is 0.900 bits per heavy atom. The van der Waals surface area contributed by atoms with Gasteiger partial charge in [-0.15, -0.1) is 11.3 Å². The number of rotatable bonds is 4. The molecular weight excluding hydrogens is 459 g/mol. The van der Waals surface area contributed by atoms with Gasteiger partial charge in [-0.3, -0.25) is 0 Å². The van der Waals surface area contributed by atoms with Crippen molar-refractivity contribution in [1.29, 1.82) is 0 Å². The fourth-order valence-electron chi connectivity index (χ4n) is 3.05. The molecule has 0 aliphatic rings. The van der Waals surface area contributed by atoms with Crippen molar-refractivity contribution >= 4 is 44.6 Å². The summed E-state index contributed by atoms with van der Waals surface area (Å²) in [5.41, 5.74) is 4.27. The number of thiazole rings is 1. The van der Waals surface area contributed by atoms with Gasteiger partial charge >= 0.3 is 0 Å². The van der Waals surface area contributed by atoms with Crippen molar-refractivity contribution < 1.29 is 8.42 Å². The van der Waals surface area contributed by atoms with E-state index in [1.54, 1.807) is 12.1 Å². The van der Waals surface area contributed by atoms with Crippen LogP contribution in [0, 0.1) is 6.92 Å². The zero-order chi connectivity index (χ0) is 21.5. The van der Waals surface area contributed by atoms with Crippen LogP contribution in [-0.2, 0) is 10.0 Å². The van der Waals surface area contributed by atoms with Gasteiger partial charge < -0.3 is 0 Å². The summed E-state index contributed by atoms with van der Waals surface area (Å²) in [6.07, 6.45) is 0. The zero-order valence-electron chi connectivity index (χ0n) is 15.8. The molecule has 0 aliphatic heterocycles. The van der Waals surface area contributed by atoms with Crippen molar-refractivity contribution in [3.63, 3.8) is 0 Å². The van der Waals surface area contributed by atoms with E-state index in [0.717, 1.165) is 37.8 Å². The topological polar surface area (TPSA) is 73.0 Å². The Morgan fingerprint density at radius 3 is 2.20 bits per heavy atom. The van der Waals surface area contributed by atoms with Gasteiger partial charge in [0.15, 0.2) is 0 Å². The lowest BCUT2D eigenvalue weighted by atomic mass is 10.1. The minimum Gasteiger partial charge on any atom is -0.235 e. The Morgan fingerprint density at radius 2 is 1.57 bits per heavy atom. The van der Waals surface area contributed by atoms with Crippen LogP contribution in [0.25, 0.3) is 32.3 Å². The summed E-state index contributed by atoms with van der Waals surface area (Å²) in [6.45, 7) is 1.95. The third-order valence-electron chi connectivity index (χ3n) is 4.61. The van der Waals surface area contributed by atoms with Crippen molar-refractivity contribution in [1.82, 2.24) is 4.98 Å². The molecule has 4 rings (SSSR count). The first-order valence-corrected chi connectivity index (χ1v) is 12.0. The lowest BCUT2D eigenvalue weighted by Gasteiger charge is -2.06. The van der Waals surface area contributed by atoms with Crippen molar-refractivity contribution in [2.75, 3.05) is 0 Å². The van der Waals surface area contributed by atoms with E-state index in [9.17, 15) is 8.42 Å².